The van der Waals surface area contributed by atoms with Crippen molar-refractivity contribution in [3.8, 4) is 0 Å². The summed E-state index contributed by atoms with van der Waals surface area (Å²) in [6.07, 6.45) is 8.41. The highest BCUT2D eigenvalue weighted by molar-refractivity contribution is 6.03. The van der Waals surface area contributed by atoms with E-state index in [4.69, 9.17) is 0 Å². The quantitative estimate of drug-likeness (QED) is 0.327. The number of anilines is 3. The van der Waals surface area contributed by atoms with E-state index in [0.717, 1.165) is 50.3 Å². The van der Waals surface area contributed by atoms with Crippen molar-refractivity contribution < 1.29 is 14.0 Å². The smallest absolute Gasteiger partial charge is 0.314 e. The number of nitrogens with zero attached hydrogens (tertiary/aromatic N) is 4. The van der Waals surface area contributed by atoms with E-state index in [-0.39, 0.29) is 23.8 Å². The Kier molecular flexibility index (Phi) is 6.34. The van der Waals surface area contributed by atoms with Crippen molar-refractivity contribution in [3.05, 3.63) is 42.2 Å². The Morgan fingerprint density at radius 2 is 1.71 bits per heavy atom. The summed E-state index contributed by atoms with van der Waals surface area (Å²) >= 11 is 0. The summed E-state index contributed by atoms with van der Waals surface area (Å²) in [4.78, 5) is 32.5. The Morgan fingerprint density at radius 1 is 1.00 bits per heavy atom. The Bertz CT molecular complexity index is 1230. The molecule has 2 fully saturated rings. The fourth-order valence-corrected chi connectivity index (χ4v) is 4.27. The number of hydrogen-bond donors (Lipinski definition) is 5. The van der Waals surface area contributed by atoms with Gasteiger partial charge in [-0.2, -0.15) is 4.39 Å². The van der Waals surface area contributed by atoms with E-state index in [1.807, 2.05) is 6.07 Å². The SMILES string of the molecule is CNC(=O)NC1CCC(Nc2cc(NC3CC3)c3ncc(C(=O)Nc4ccnc(F)c4)n3n2)CC1. The summed E-state index contributed by atoms with van der Waals surface area (Å²) in [6.45, 7) is 0. The van der Waals surface area contributed by atoms with Gasteiger partial charge in [0.15, 0.2) is 11.3 Å². The second-order valence-electron chi connectivity index (χ2n) is 8.98. The highest BCUT2D eigenvalue weighted by atomic mass is 19.1. The van der Waals surface area contributed by atoms with E-state index in [2.05, 4.69) is 41.7 Å². The minimum absolute atomic E-state index is 0.150. The molecule has 2 aliphatic carbocycles. The average Bonchev–Trinajstić information content (AvgIpc) is 3.55. The van der Waals surface area contributed by atoms with Gasteiger partial charge in [-0.15, -0.1) is 5.10 Å². The largest absolute Gasteiger partial charge is 0.379 e. The molecule has 0 aliphatic heterocycles. The van der Waals surface area contributed by atoms with Gasteiger partial charge in [0.1, 0.15) is 5.82 Å². The molecule has 0 radical (unpaired) electrons. The van der Waals surface area contributed by atoms with E-state index in [1.54, 1.807) is 7.05 Å². The van der Waals surface area contributed by atoms with E-state index >= 15 is 0 Å². The molecule has 11 nitrogen and oxygen atoms in total. The molecule has 184 valence electrons. The number of amides is 3. The predicted molar refractivity (Wildman–Crippen MR) is 129 cm³/mol. The number of carbonyl (C=O) groups is 2. The van der Waals surface area contributed by atoms with Crippen LogP contribution >= 0.6 is 0 Å². The lowest BCUT2D eigenvalue weighted by Crippen LogP contribution is -2.43. The maximum atomic E-state index is 13.4. The molecule has 0 aromatic carbocycles. The van der Waals surface area contributed by atoms with Crippen LogP contribution < -0.4 is 26.6 Å². The van der Waals surface area contributed by atoms with Crippen molar-refractivity contribution in [2.45, 2.75) is 56.7 Å². The molecule has 35 heavy (non-hydrogen) atoms. The summed E-state index contributed by atoms with van der Waals surface area (Å²) in [5, 5.41) is 19.9. The first-order valence-electron chi connectivity index (χ1n) is 11.8. The summed E-state index contributed by atoms with van der Waals surface area (Å²) < 4.78 is 15.0. The molecule has 12 heteroatoms. The van der Waals surface area contributed by atoms with Gasteiger partial charge in [0, 0.05) is 49.2 Å². The highest BCUT2D eigenvalue weighted by Crippen LogP contribution is 2.30. The van der Waals surface area contributed by atoms with Crippen LogP contribution in [0.5, 0.6) is 0 Å². The van der Waals surface area contributed by atoms with Crippen LogP contribution in [0.3, 0.4) is 0 Å². The monoisotopic (exact) mass is 481 g/mol. The van der Waals surface area contributed by atoms with Gasteiger partial charge < -0.3 is 26.6 Å². The molecule has 2 saturated carbocycles. The van der Waals surface area contributed by atoms with Crippen LogP contribution in [-0.2, 0) is 0 Å². The van der Waals surface area contributed by atoms with Crippen molar-refractivity contribution in [3.63, 3.8) is 0 Å². The summed E-state index contributed by atoms with van der Waals surface area (Å²) in [5.74, 6) is -0.502. The van der Waals surface area contributed by atoms with Gasteiger partial charge in [-0.3, -0.25) is 4.79 Å². The van der Waals surface area contributed by atoms with Gasteiger partial charge in [-0.25, -0.2) is 19.3 Å². The zero-order chi connectivity index (χ0) is 24.4. The number of rotatable bonds is 7. The van der Waals surface area contributed by atoms with Gasteiger partial charge in [-0.1, -0.05) is 0 Å². The Labute approximate surface area is 201 Å². The fraction of sp³-hybridized carbons (Fsp3) is 0.435. The molecule has 3 heterocycles. The Hall–Kier alpha value is -3.96. The van der Waals surface area contributed by atoms with E-state index in [1.165, 1.54) is 23.0 Å². The van der Waals surface area contributed by atoms with Crippen molar-refractivity contribution in [1.82, 2.24) is 30.2 Å². The van der Waals surface area contributed by atoms with Crippen LogP contribution in [0.1, 0.15) is 49.0 Å². The number of imidazole rings is 1. The van der Waals surface area contributed by atoms with Crippen LogP contribution in [-0.4, -0.2) is 56.7 Å². The zero-order valence-corrected chi connectivity index (χ0v) is 19.3. The van der Waals surface area contributed by atoms with Crippen molar-refractivity contribution in [1.29, 1.82) is 0 Å². The lowest BCUT2D eigenvalue weighted by molar-refractivity contribution is 0.102. The standard InChI is InChI=1S/C23H28FN9O2/c1-25-23(35)31-15-6-4-14(5-7-15)29-20-11-17(28-13-2-3-13)21-27-12-18(33(21)32-20)22(34)30-16-8-9-26-19(24)10-16/h8-15,28H,2-7H2,1H3,(H,29,32)(H2,25,31,35)(H,26,30,34). The van der Waals surface area contributed by atoms with Gasteiger partial charge in [-0.05, 0) is 44.6 Å². The van der Waals surface area contributed by atoms with Crippen LogP contribution in [0.15, 0.2) is 30.6 Å². The van der Waals surface area contributed by atoms with Crippen molar-refractivity contribution in [2.24, 2.45) is 0 Å². The third kappa shape index (κ3) is 5.42. The molecule has 0 bridgehead atoms. The maximum Gasteiger partial charge on any atom is 0.314 e. The average molecular weight is 482 g/mol. The number of hydrogen-bond acceptors (Lipinski definition) is 7. The molecule has 5 N–H and O–H groups in total. The first-order valence-corrected chi connectivity index (χ1v) is 11.8. The fourth-order valence-electron chi connectivity index (χ4n) is 4.27. The number of halogens is 1. The Balaban J connectivity index is 1.35. The van der Waals surface area contributed by atoms with E-state index in [9.17, 15) is 14.0 Å². The van der Waals surface area contributed by atoms with Crippen LogP contribution in [0.25, 0.3) is 5.65 Å². The third-order valence-corrected chi connectivity index (χ3v) is 6.26. The summed E-state index contributed by atoms with van der Waals surface area (Å²) in [5.41, 5.74) is 1.88. The molecule has 0 saturated heterocycles. The maximum absolute atomic E-state index is 13.4. The minimum Gasteiger partial charge on any atom is -0.379 e. The van der Waals surface area contributed by atoms with Crippen LogP contribution in [0.2, 0.25) is 0 Å². The van der Waals surface area contributed by atoms with Crippen LogP contribution in [0, 0.1) is 5.95 Å². The molecule has 2 aliphatic rings. The number of carbonyl (C=O) groups excluding carboxylic acids is 2. The number of aromatic nitrogens is 4. The molecule has 0 spiro atoms. The summed E-state index contributed by atoms with van der Waals surface area (Å²) in [7, 11) is 1.61. The molecule has 3 aromatic rings. The van der Waals surface area contributed by atoms with Gasteiger partial charge in [0.25, 0.3) is 5.91 Å². The lowest BCUT2D eigenvalue weighted by atomic mass is 9.91. The third-order valence-electron chi connectivity index (χ3n) is 6.26. The predicted octanol–water partition coefficient (Wildman–Crippen LogP) is 2.74. The second kappa shape index (κ2) is 9.72. The number of urea groups is 1. The lowest BCUT2D eigenvalue weighted by Gasteiger charge is -2.30. The van der Waals surface area contributed by atoms with E-state index < -0.39 is 11.9 Å². The molecule has 3 amide bonds. The minimum atomic E-state index is -0.679. The van der Waals surface area contributed by atoms with Crippen LogP contribution in [0.4, 0.5) is 26.4 Å². The van der Waals surface area contributed by atoms with Crippen molar-refractivity contribution >= 4 is 34.8 Å². The zero-order valence-electron chi connectivity index (χ0n) is 19.3. The number of nitrogens with one attached hydrogen (secondary N) is 5. The molecule has 5 rings (SSSR count). The highest BCUT2D eigenvalue weighted by Gasteiger charge is 2.26. The molecule has 3 aromatic heterocycles. The second-order valence-corrected chi connectivity index (χ2v) is 8.98. The first kappa shape index (κ1) is 22.8. The number of fused-ring (bicyclic) bond motifs is 1. The molecular formula is C23H28FN9O2. The first-order chi connectivity index (χ1) is 17.0. The van der Waals surface area contributed by atoms with Crippen molar-refractivity contribution in [2.75, 3.05) is 23.0 Å². The molecule has 0 atom stereocenters. The van der Waals surface area contributed by atoms with Gasteiger partial charge >= 0.3 is 6.03 Å². The topological polar surface area (TPSA) is 137 Å². The Morgan fingerprint density at radius 3 is 2.43 bits per heavy atom. The normalized spacial score (nSPS) is 19.7. The number of pyridine rings is 1. The summed E-state index contributed by atoms with van der Waals surface area (Å²) in [6, 6.07) is 5.15. The van der Waals surface area contributed by atoms with Gasteiger partial charge in [0.05, 0.1) is 11.9 Å². The van der Waals surface area contributed by atoms with Gasteiger partial charge in [0.2, 0.25) is 5.95 Å². The van der Waals surface area contributed by atoms with E-state index in [0.29, 0.717) is 23.2 Å². The molecule has 0 unspecified atom stereocenters. The molecular weight excluding hydrogens is 453 g/mol.